The Kier molecular flexibility index (Phi) is 31.2. The van der Waals surface area contributed by atoms with Gasteiger partial charge in [0.05, 0.1) is 56.1 Å². The Balaban J connectivity index is 0.000000141. The zero-order valence-corrected chi connectivity index (χ0v) is 82.3. The molecule has 7 aromatic carbocycles. The lowest BCUT2D eigenvalue weighted by molar-refractivity contribution is -0.379. The van der Waals surface area contributed by atoms with Gasteiger partial charge < -0.3 is 78.0 Å². The fraction of sp³-hybridized carbons (Fsp3) is 0.290. The van der Waals surface area contributed by atoms with Gasteiger partial charge in [0.15, 0.2) is 11.6 Å². The molecule has 33 heteroatoms. The third-order valence-electron chi connectivity index (χ3n) is 25.8. The van der Waals surface area contributed by atoms with Crippen molar-refractivity contribution < 1.29 is 72.8 Å². The molecule has 30 nitrogen and oxygen atoms in total. The molecule has 6 aliphatic heterocycles. The quantitative estimate of drug-likeness (QED) is 0.0424. The van der Waals surface area contributed by atoms with Crippen molar-refractivity contribution >= 4 is 163 Å². The number of fused-ring (bicyclic) bond motifs is 9. The molecule has 8 amide bonds. The van der Waals surface area contributed by atoms with Crippen molar-refractivity contribution in [2.45, 2.75) is 117 Å². The first-order valence-corrected chi connectivity index (χ1v) is 48.0. The number of hydrogen-bond acceptors (Lipinski definition) is 16. The summed E-state index contributed by atoms with van der Waals surface area (Å²) in [4.78, 5) is 155. The van der Waals surface area contributed by atoms with E-state index in [2.05, 4.69) is 134 Å². The van der Waals surface area contributed by atoms with Crippen LogP contribution in [-0.2, 0) is 102 Å². The molecule has 6 aliphatic rings. The monoisotopic (exact) mass is 2040 g/mol. The molecule has 722 valence electrons. The lowest BCUT2D eigenvalue weighted by atomic mass is 9.93. The SMILES string of the molecule is C=CC(=O)N1CC(CC(=O)Cn2c(C)c(-c3ccccc3Cc3ccccc3)c3cc(Cl)ccc32)C1.C=CC(=O)N1CC(CC(=O)Cn2cc(C(=O)N3CCc4c(cccc4OC)C3)c3cc([NH+]=O)ccc32)C1.C=CC(=O)N1CC(NC(=O)Cn2c3c(c4cc(Br)ccc42)CN(C(=O)OC(C)(C)C)CC3)C1.C=CC(=O)N1CC(NC(=O)Cn2c3ccc(Br)cc3c3ccc(Oc4cccnc4)nc32)C1.O. The summed E-state index contributed by atoms with van der Waals surface area (Å²) in [6, 6.07) is 54.9. The summed E-state index contributed by atoms with van der Waals surface area (Å²) in [5, 5.41) is 13.2. The summed E-state index contributed by atoms with van der Waals surface area (Å²) >= 11 is 13.5. The van der Waals surface area contributed by atoms with Crippen molar-refractivity contribution in [3.8, 4) is 28.5 Å². The maximum Gasteiger partial charge on any atom is 0.410 e. The van der Waals surface area contributed by atoms with E-state index < -0.39 is 5.60 Å². The number of ether oxygens (including phenoxy) is 3. The smallest absolute Gasteiger partial charge is 0.410 e. The van der Waals surface area contributed by atoms with Gasteiger partial charge in [0.1, 0.15) is 35.8 Å². The molecule has 0 spiro atoms. The van der Waals surface area contributed by atoms with Crippen LogP contribution in [0.25, 0.3) is 65.8 Å². The number of nitrogens with zero attached hydrogens (tertiary/aromatic N) is 12. The Morgan fingerprint density at radius 1 is 0.550 bits per heavy atom. The molecule has 4 fully saturated rings. The van der Waals surface area contributed by atoms with Crippen LogP contribution in [0, 0.1) is 23.7 Å². The van der Waals surface area contributed by atoms with E-state index in [1.165, 1.54) is 35.4 Å². The molecule has 0 aliphatic carbocycles. The number of Topliss-reactive ketones (excluding diaryl/α,β-unsaturated/α-hetero) is 2. The predicted molar refractivity (Wildman–Crippen MR) is 544 cm³/mol. The number of ketones is 2. The van der Waals surface area contributed by atoms with E-state index in [4.69, 9.17) is 30.8 Å². The average Bonchev–Trinajstić information content (AvgIpc) is 1.60. The van der Waals surface area contributed by atoms with Crippen LogP contribution in [0.5, 0.6) is 17.4 Å². The van der Waals surface area contributed by atoms with E-state index in [9.17, 15) is 52.9 Å². The second-order valence-corrected chi connectivity index (χ2v) is 38.8. The molecular formula is C107H109Br2ClN15O15+. The van der Waals surface area contributed by atoms with Gasteiger partial charge in [-0.3, -0.25) is 48.1 Å². The van der Waals surface area contributed by atoms with Crippen molar-refractivity contribution in [3.63, 3.8) is 0 Å². The third-order valence-corrected chi connectivity index (χ3v) is 27.0. The van der Waals surface area contributed by atoms with E-state index in [-0.39, 0.29) is 108 Å². The second kappa shape index (κ2) is 43.7. The Morgan fingerprint density at radius 2 is 1.13 bits per heavy atom. The molecule has 0 atom stereocenters. The highest BCUT2D eigenvalue weighted by Gasteiger charge is 2.38. The number of amides is 8. The van der Waals surface area contributed by atoms with E-state index in [1.807, 2.05) is 120 Å². The highest BCUT2D eigenvalue weighted by molar-refractivity contribution is 9.10. The maximum absolute atomic E-state index is 13.7. The normalized spacial score (nSPS) is 14.5. The zero-order valence-electron chi connectivity index (χ0n) is 78.4. The van der Waals surface area contributed by atoms with Crippen LogP contribution >= 0.6 is 43.5 Å². The topological polar surface area (TPSA) is 350 Å². The summed E-state index contributed by atoms with van der Waals surface area (Å²) in [5.74, 6) is 1.53. The second-order valence-electron chi connectivity index (χ2n) is 36.5. The maximum atomic E-state index is 13.7. The molecule has 13 aromatic rings. The highest BCUT2D eigenvalue weighted by Crippen LogP contribution is 2.42. The van der Waals surface area contributed by atoms with Crippen molar-refractivity contribution in [1.29, 1.82) is 0 Å². The molecule has 6 aromatic heterocycles. The first-order valence-electron chi connectivity index (χ1n) is 46.0. The van der Waals surface area contributed by atoms with Crippen LogP contribution in [0.3, 0.4) is 0 Å². The van der Waals surface area contributed by atoms with E-state index in [0.717, 1.165) is 98.4 Å². The molecule has 0 radical (unpaired) electrons. The van der Waals surface area contributed by atoms with Crippen LogP contribution in [0.4, 0.5) is 10.5 Å². The van der Waals surface area contributed by atoms with E-state index in [1.54, 1.807) is 96.1 Å². The van der Waals surface area contributed by atoms with Gasteiger partial charge in [0, 0.05) is 229 Å². The molecule has 5 N–H and O–H groups in total. The minimum Gasteiger partial charge on any atom is -0.496 e. The Labute approximate surface area is 830 Å². The number of likely N-dealkylation sites (tertiary alicyclic amines) is 4. The minimum absolute atomic E-state index is 0. The van der Waals surface area contributed by atoms with Crippen molar-refractivity contribution in [2.75, 3.05) is 72.6 Å². The summed E-state index contributed by atoms with van der Waals surface area (Å²) in [5.41, 5.74) is 14.6. The van der Waals surface area contributed by atoms with Crippen molar-refractivity contribution in [2.24, 2.45) is 11.8 Å². The number of halogens is 3. The Hall–Kier alpha value is -14.5. The number of carbonyl (C=O) groups is 10. The first kappa shape index (κ1) is 100.0. The van der Waals surface area contributed by atoms with Crippen LogP contribution in [0.15, 0.2) is 248 Å². The molecule has 140 heavy (non-hydrogen) atoms. The number of methoxy groups -OCH3 is 1. The van der Waals surface area contributed by atoms with Gasteiger partial charge in [0.25, 0.3) is 11.6 Å². The molecule has 0 unspecified atom stereocenters. The number of aromatic nitrogens is 6. The van der Waals surface area contributed by atoms with Gasteiger partial charge >= 0.3 is 6.09 Å². The summed E-state index contributed by atoms with van der Waals surface area (Å²) in [6.07, 6.45) is 12.8. The minimum atomic E-state index is -0.556. The summed E-state index contributed by atoms with van der Waals surface area (Å²) in [7, 11) is 1.65. The number of rotatable bonds is 26. The highest BCUT2D eigenvalue weighted by atomic mass is 79.9. The number of pyridine rings is 2. The first-order chi connectivity index (χ1) is 66.9. The van der Waals surface area contributed by atoms with Gasteiger partial charge in [0.2, 0.25) is 41.3 Å². The molecule has 0 bridgehead atoms. The van der Waals surface area contributed by atoms with Gasteiger partial charge in [-0.05, 0) is 172 Å². The van der Waals surface area contributed by atoms with Crippen LogP contribution < -0.4 is 25.3 Å². The lowest BCUT2D eigenvalue weighted by Gasteiger charge is -2.39. The predicted octanol–water partition coefficient (Wildman–Crippen LogP) is 14.4. The van der Waals surface area contributed by atoms with E-state index in [0.29, 0.717) is 155 Å². The summed E-state index contributed by atoms with van der Waals surface area (Å²) in [6.45, 7) is 28.6. The fourth-order valence-corrected chi connectivity index (χ4v) is 19.9. The number of hydrogen-bond donors (Lipinski definition) is 3. The lowest BCUT2D eigenvalue weighted by Crippen LogP contribution is -2.61. The number of nitroso groups, excluding NO2 is 1. The molecule has 19 rings (SSSR count). The number of nitrogens with one attached hydrogen (secondary N) is 3. The van der Waals surface area contributed by atoms with Gasteiger partial charge in [-0.1, -0.05) is 137 Å². The zero-order chi connectivity index (χ0) is 98.2. The van der Waals surface area contributed by atoms with Gasteiger partial charge in [-0.15, -0.1) is 0 Å². The van der Waals surface area contributed by atoms with Gasteiger partial charge in [-0.25, -0.2) is 4.79 Å². The van der Waals surface area contributed by atoms with Crippen molar-refractivity contribution in [1.82, 2.24) is 68.3 Å². The number of carbonyl (C=O) groups excluding carboxylic acids is 10. The van der Waals surface area contributed by atoms with E-state index >= 15 is 0 Å². The van der Waals surface area contributed by atoms with Crippen molar-refractivity contribution in [3.05, 3.63) is 303 Å². The molecule has 12 heterocycles. The molecule has 0 saturated carbocycles. The van der Waals surface area contributed by atoms with Crippen LogP contribution in [-0.4, -0.2) is 212 Å². The standard InChI is InChI=1S/C31H29ClN2O2.C28H28N4O5.C24H20BrN5O3.C24H29BrN4O4.H2O/c1-3-30(36)33-18-23(19-33)16-26(35)20-34-21(2)31(28-17-25(32)13-14-29(28)34)27-12-8-7-11-24(27)15-22-9-5-4-6-10-22;1-3-27(34)32-13-18(14-32)11-21(33)16-31-17-24(23-12-20(29-36)7-8-25(23)31)28(35)30-10-9-22-19(15-30)5-4-6-26(22)37-2;1-2-23(32)29-12-16(13-29)27-21(31)14-30-20-7-5-15(25)10-19(20)18-6-8-22(28-24(18)30)33-17-4-3-9-26-11-17;1-5-22(31)28-11-16(12-28)26-21(30)14-29-19-7-6-15(25)10-17(19)18-13-27(9-8-20(18)29)23(32)33-24(2,3)4;/h3-14,17,23H,1,15-16,18-20H2,2H3;3-8,12,17-18H,1,9-11,13-16H2,2H3;2-11,16H,1,12-14H2,(H,27,31);5-7,10,16H,1,8-9,11-14H2,2-4H3,(H,26,30);1H2/p+1. The van der Waals surface area contributed by atoms with Crippen LogP contribution in [0.1, 0.15) is 83.2 Å². The summed E-state index contributed by atoms with van der Waals surface area (Å²) < 4.78 is 26.6. The Morgan fingerprint density at radius 3 is 1.74 bits per heavy atom. The fourth-order valence-electron chi connectivity index (χ4n) is 19.0. The average molecular weight is 2040 g/mol. The third kappa shape index (κ3) is 22.6. The molecule has 4 saturated heterocycles. The molecular weight excluding hydrogens is 1930 g/mol. The number of benzene rings is 7. The van der Waals surface area contributed by atoms with Gasteiger partial charge in [-0.2, -0.15) is 4.98 Å². The Bertz CT molecular complexity index is 7040. The largest absolute Gasteiger partial charge is 0.496 e. The van der Waals surface area contributed by atoms with Crippen LogP contribution in [0.2, 0.25) is 5.02 Å².